The molecule has 0 aliphatic carbocycles. The summed E-state index contributed by atoms with van der Waals surface area (Å²) in [5.74, 6) is 1.06. The lowest BCUT2D eigenvalue weighted by Gasteiger charge is -2.02. The van der Waals surface area contributed by atoms with Gasteiger partial charge in [-0.15, -0.1) is 10.2 Å². The van der Waals surface area contributed by atoms with Crippen LogP contribution in [0, 0.1) is 17.0 Å². The molecular formula is C14H9N5O3S. The first kappa shape index (κ1) is 13.6. The fourth-order valence-electron chi connectivity index (χ4n) is 2.34. The van der Waals surface area contributed by atoms with Crippen LogP contribution in [0.4, 0.5) is 5.69 Å². The van der Waals surface area contributed by atoms with Crippen LogP contribution in [0.15, 0.2) is 41.0 Å². The summed E-state index contributed by atoms with van der Waals surface area (Å²) < 4.78 is 6.91. The molecule has 9 heteroatoms. The first-order valence-corrected chi connectivity index (χ1v) is 7.47. The lowest BCUT2D eigenvalue weighted by atomic mass is 10.1. The molecule has 0 N–H and O–H groups in total. The number of nitrogens with zero attached hydrogens (tertiary/aromatic N) is 5. The van der Waals surface area contributed by atoms with Gasteiger partial charge in [-0.1, -0.05) is 23.5 Å². The van der Waals surface area contributed by atoms with Crippen molar-refractivity contribution in [3.63, 3.8) is 0 Å². The zero-order chi connectivity index (χ0) is 16.0. The standard InChI is InChI=1S/C14H9N5O3S/c1-8-9(4-2-5-10(8)19(20)21)13-17-18-12(11-6-3-7-22-11)15-16-14(18)23-13/h2-7H,1H3. The lowest BCUT2D eigenvalue weighted by Crippen LogP contribution is -1.94. The third-order valence-electron chi connectivity index (χ3n) is 3.46. The summed E-state index contributed by atoms with van der Waals surface area (Å²) in [6, 6.07) is 8.47. The number of hydrogen-bond donors (Lipinski definition) is 0. The van der Waals surface area contributed by atoms with Crippen LogP contribution in [-0.2, 0) is 0 Å². The quantitative estimate of drug-likeness (QED) is 0.423. The Morgan fingerprint density at radius 1 is 1.26 bits per heavy atom. The van der Waals surface area contributed by atoms with E-state index >= 15 is 0 Å². The van der Waals surface area contributed by atoms with Gasteiger partial charge in [0.1, 0.15) is 5.01 Å². The van der Waals surface area contributed by atoms with E-state index in [2.05, 4.69) is 15.3 Å². The number of rotatable bonds is 3. The fourth-order valence-corrected chi connectivity index (χ4v) is 3.26. The molecule has 0 aliphatic rings. The van der Waals surface area contributed by atoms with Gasteiger partial charge in [-0.25, -0.2) is 0 Å². The van der Waals surface area contributed by atoms with Crippen molar-refractivity contribution >= 4 is 22.0 Å². The summed E-state index contributed by atoms with van der Waals surface area (Å²) >= 11 is 1.32. The highest BCUT2D eigenvalue weighted by atomic mass is 32.1. The van der Waals surface area contributed by atoms with E-state index in [4.69, 9.17) is 4.42 Å². The molecule has 0 amide bonds. The Kier molecular flexibility index (Phi) is 2.95. The van der Waals surface area contributed by atoms with Crippen molar-refractivity contribution in [2.75, 3.05) is 0 Å². The molecule has 0 fully saturated rings. The maximum atomic E-state index is 11.1. The van der Waals surface area contributed by atoms with Gasteiger partial charge in [-0.2, -0.15) is 9.61 Å². The second-order valence-electron chi connectivity index (χ2n) is 4.81. The molecule has 114 valence electrons. The smallest absolute Gasteiger partial charge is 0.273 e. The van der Waals surface area contributed by atoms with Gasteiger partial charge in [0, 0.05) is 17.2 Å². The number of aromatic nitrogens is 4. The summed E-state index contributed by atoms with van der Waals surface area (Å²) in [7, 11) is 0. The van der Waals surface area contributed by atoms with E-state index in [1.54, 1.807) is 42.0 Å². The van der Waals surface area contributed by atoms with Crippen LogP contribution in [0.3, 0.4) is 0 Å². The molecule has 1 aromatic carbocycles. The molecule has 8 nitrogen and oxygen atoms in total. The van der Waals surface area contributed by atoms with Crippen molar-refractivity contribution in [2.45, 2.75) is 6.92 Å². The Morgan fingerprint density at radius 2 is 2.13 bits per heavy atom. The van der Waals surface area contributed by atoms with Crippen LogP contribution in [0.2, 0.25) is 0 Å². The van der Waals surface area contributed by atoms with Gasteiger partial charge >= 0.3 is 0 Å². The fraction of sp³-hybridized carbons (Fsp3) is 0.0714. The molecule has 4 aromatic rings. The zero-order valence-electron chi connectivity index (χ0n) is 11.8. The van der Waals surface area contributed by atoms with Crippen LogP contribution < -0.4 is 0 Å². The van der Waals surface area contributed by atoms with Crippen molar-refractivity contribution in [2.24, 2.45) is 0 Å². The number of fused-ring (bicyclic) bond motifs is 1. The minimum Gasteiger partial charge on any atom is -0.461 e. The normalized spacial score (nSPS) is 11.2. The molecule has 0 bridgehead atoms. The van der Waals surface area contributed by atoms with Crippen LogP contribution in [0.25, 0.3) is 27.1 Å². The monoisotopic (exact) mass is 327 g/mol. The molecule has 0 aliphatic heterocycles. The molecule has 0 unspecified atom stereocenters. The Hall–Kier alpha value is -3.07. The van der Waals surface area contributed by atoms with Crippen molar-refractivity contribution in [1.82, 2.24) is 19.8 Å². The highest BCUT2D eigenvalue weighted by Gasteiger charge is 2.20. The van der Waals surface area contributed by atoms with Gasteiger partial charge in [-0.3, -0.25) is 10.1 Å². The predicted octanol–water partition coefficient (Wildman–Crippen LogP) is 3.33. The molecule has 3 heterocycles. The average molecular weight is 327 g/mol. The third kappa shape index (κ3) is 2.09. The minimum atomic E-state index is -0.395. The average Bonchev–Trinajstić information content (AvgIpc) is 3.23. The van der Waals surface area contributed by atoms with E-state index < -0.39 is 4.92 Å². The number of benzene rings is 1. The second-order valence-corrected chi connectivity index (χ2v) is 5.77. The van der Waals surface area contributed by atoms with Gasteiger partial charge in [0.05, 0.1) is 11.2 Å². The van der Waals surface area contributed by atoms with Gasteiger partial charge in [0.2, 0.25) is 10.8 Å². The third-order valence-corrected chi connectivity index (χ3v) is 4.40. The van der Waals surface area contributed by atoms with Crippen molar-refractivity contribution in [3.8, 4) is 22.2 Å². The topological polar surface area (TPSA) is 99.4 Å². The van der Waals surface area contributed by atoms with Crippen molar-refractivity contribution < 1.29 is 9.34 Å². The van der Waals surface area contributed by atoms with E-state index in [1.165, 1.54) is 17.4 Å². The number of hydrogen-bond acceptors (Lipinski definition) is 7. The van der Waals surface area contributed by atoms with Gasteiger partial charge < -0.3 is 4.42 Å². The van der Waals surface area contributed by atoms with Crippen LogP contribution in [0.5, 0.6) is 0 Å². The second kappa shape index (κ2) is 4.99. The molecule has 0 saturated carbocycles. The van der Waals surface area contributed by atoms with Crippen LogP contribution in [-0.4, -0.2) is 24.7 Å². The Balaban J connectivity index is 1.88. The zero-order valence-corrected chi connectivity index (χ0v) is 12.6. The van der Waals surface area contributed by atoms with E-state index in [0.29, 0.717) is 32.7 Å². The molecular weight excluding hydrogens is 318 g/mol. The first-order chi connectivity index (χ1) is 11.1. The molecule has 0 atom stereocenters. The summed E-state index contributed by atoms with van der Waals surface area (Å²) in [6.07, 6.45) is 1.55. The van der Waals surface area contributed by atoms with Gasteiger partial charge in [-0.05, 0) is 19.1 Å². The van der Waals surface area contributed by atoms with E-state index in [-0.39, 0.29) is 5.69 Å². The van der Waals surface area contributed by atoms with Crippen LogP contribution in [0.1, 0.15) is 5.56 Å². The molecule has 4 rings (SSSR count). The molecule has 3 aromatic heterocycles. The molecule has 0 radical (unpaired) electrons. The van der Waals surface area contributed by atoms with E-state index in [9.17, 15) is 10.1 Å². The SMILES string of the molecule is Cc1c(-c2nn3c(-c4ccco4)nnc3s2)cccc1[N+](=O)[O-]. The predicted molar refractivity (Wildman–Crippen MR) is 83.2 cm³/mol. The van der Waals surface area contributed by atoms with E-state index in [1.807, 2.05) is 0 Å². The highest BCUT2D eigenvalue weighted by molar-refractivity contribution is 7.19. The number of nitro benzene ring substituents is 1. The summed E-state index contributed by atoms with van der Waals surface area (Å²) in [6.45, 7) is 1.71. The highest BCUT2D eigenvalue weighted by Crippen LogP contribution is 2.33. The Bertz CT molecular complexity index is 1020. The van der Waals surface area contributed by atoms with Gasteiger partial charge in [0.25, 0.3) is 5.69 Å². The van der Waals surface area contributed by atoms with Crippen molar-refractivity contribution in [3.05, 3.63) is 52.3 Å². The van der Waals surface area contributed by atoms with Crippen LogP contribution >= 0.6 is 11.3 Å². The molecule has 23 heavy (non-hydrogen) atoms. The lowest BCUT2D eigenvalue weighted by molar-refractivity contribution is -0.385. The largest absolute Gasteiger partial charge is 0.461 e. The maximum Gasteiger partial charge on any atom is 0.273 e. The minimum absolute atomic E-state index is 0.0692. The molecule has 0 saturated heterocycles. The van der Waals surface area contributed by atoms with Crippen molar-refractivity contribution in [1.29, 1.82) is 0 Å². The number of furan rings is 1. The maximum absolute atomic E-state index is 11.1. The summed E-state index contributed by atoms with van der Waals surface area (Å²) in [5, 5.41) is 24.4. The Labute approximate surface area is 133 Å². The first-order valence-electron chi connectivity index (χ1n) is 6.65. The number of nitro groups is 1. The summed E-state index contributed by atoms with van der Waals surface area (Å²) in [4.78, 5) is 11.3. The summed E-state index contributed by atoms with van der Waals surface area (Å²) in [5.41, 5.74) is 1.35. The van der Waals surface area contributed by atoms with E-state index in [0.717, 1.165) is 0 Å². The Morgan fingerprint density at radius 3 is 2.87 bits per heavy atom. The molecule has 0 spiro atoms. The van der Waals surface area contributed by atoms with Gasteiger partial charge in [0.15, 0.2) is 5.76 Å².